The summed E-state index contributed by atoms with van der Waals surface area (Å²) in [6, 6.07) is 4.48. The van der Waals surface area contributed by atoms with Crippen molar-refractivity contribution in [1.82, 2.24) is 9.55 Å². The van der Waals surface area contributed by atoms with Crippen LogP contribution in [0.4, 0.5) is 10.2 Å². The average molecular weight is 356 g/mol. The second-order valence-corrected chi connectivity index (χ2v) is 5.12. The van der Waals surface area contributed by atoms with Gasteiger partial charge in [-0.3, -0.25) is 4.57 Å². The monoisotopic (exact) mass is 355 g/mol. The molecule has 0 saturated carbocycles. The van der Waals surface area contributed by atoms with Gasteiger partial charge in [0.1, 0.15) is 17.5 Å². The molecule has 2 aromatic rings. The molecule has 2 rings (SSSR count). The van der Waals surface area contributed by atoms with Crippen molar-refractivity contribution < 1.29 is 13.9 Å². The number of hydrogen-bond acceptors (Lipinski definition) is 4. The molecule has 1 heterocycles. The van der Waals surface area contributed by atoms with Crippen molar-refractivity contribution in [3.8, 4) is 5.69 Å². The Balaban J connectivity index is 2.57. The fourth-order valence-corrected chi connectivity index (χ4v) is 2.35. The van der Waals surface area contributed by atoms with E-state index in [9.17, 15) is 9.18 Å². The molecular weight excluding hydrogens is 341 g/mol. The summed E-state index contributed by atoms with van der Waals surface area (Å²) in [5.74, 6) is -0.149. The lowest BCUT2D eigenvalue weighted by Gasteiger charge is -2.09. The van der Waals surface area contributed by atoms with Crippen molar-refractivity contribution in [2.24, 2.45) is 0 Å². The van der Waals surface area contributed by atoms with Gasteiger partial charge in [0.15, 0.2) is 5.69 Å². The number of nitrogens with zero attached hydrogens (tertiary/aromatic N) is 2. The van der Waals surface area contributed by atoms with Gasteiger partial charge in [-0.25, -0.2) is 14.2 Å². The summed E-state index contributed by atoms with van der Waals surface area (Å²) in [4.78, 5) is 16.1. The quantitative estimate of drug-likeness (QED) is 0.855. The first-order chi connectivity index (χ1) is 9.99. The largest absolute Gasteiger partial charge is 0.461 e. The van der Waals surface area contributed by atoms with Gasteiger partial charge in [-0.1, -0.05) is 6.92 Å². The molecule has 0 spiro atoms. The van der Waals surface area contributed by atoms with Crippen LogP contribution in [0.3, 0.4) is 0 Å². The van der Waals surface area contributed by atoms with E-state index in [2.05, 4.69) is 20.9 Å². The Morgan fingerprint density at radius 3 is 2.76 bits per heavy atom. The van der Waals surface area contributed by atoms with E-state index in [1.807, 2.05) is 6.92 Å². The number of imidazole rings is 1. The van der Waals surface area contributed by atoms with Crippen LogP contribution in [-0.2, 0) is 11.2 Å². The van der Waals surface area contributed by atoms with Crippen LogP contribution < -0.4 is 5.73 Å². The fourth-order valence-electron chi connectivity index (χ4n) is 1.98. The number of carbonyl (C=O) groups excluding carboxylic acids is 1. The first kappa shape index (κ1) is 15.5. The lowest BCUT2D eigenvalue weighted by molar-refractivity contribution is 0.0521. The highest BCUT2D eigenvalue weighted by Gasteiger charge is 2.22. The van der Waals surface area contributed by atoms with Gasteiger partial charge in [0.2, 0.25) is 0 Å². The summed E-state index contributed by atoms with van der Waals surface area (Å²) in [7, 11) is 0. The van der Waals surface area contributed by atoms with E-state index in [4.69, 9.17) is 10.5 Å². The van der Waals surface area contributed by atoms with E-state index in [0.29, 0.717) is 22.4 Å². The third-order valence-electron chi connectivity index (χ3n) is 2.93. The minimum atomic E-state index is -0.565. The first-order valence-electron chi connectivity index (χ1n) is 6.49. The van der Waals surface area contributed by atoms with Gasteiger partial charge in [-0.15, -0.1) is 0 Å². The molecule has 0 bridgehead atoms. The lowest BCUT2D eigenvalue weighted by Crippen LogP contribution is -2.09. The number of esters is 1. The number of aryl methyl sites for hydroxylation is 1. The topological polar surface area (TPSA) is 70.1 Å². The summed E-state index contributed by atoms with van der Waals surface area (Å²) in [6.07, 6.45) is 0.568. The summed E-state index contributed by atoms with van der Waals surface area (Å²) in [5, 5.41) is 0. The van der Waals surface area contributed by atoms with Crippen LogP contribution in [0.1, 0.15) is 30.2 Å². The Morgan fingerprint density at radius 1 is 1.48 bits per heavy atom. The number of carbonyl (C=O) groups is 1. The summed E-state index contributed by atoms with van der Waals surface area (Å²) in [5.41, 5.74) is 6.73. The molecular formula is C14H15BrFN3O2. The molecule has 1 aromatic heterocycles. The number of anilines is 1. The number of nitrogen functional groups attached to an aromatic ring is 1. The van der Waals surface area contributed by atoms with Gasteiger partial charge in [-0.05, 0) is 41.1 Å². The Hall–Kier alpha value is -1.89. The second-order valence-electron chi connectivity index (χ2n) is 4.27. The maximum atomic E-state index is 13.4. The molecule has 0 atom stereocenters. The third kappa shape index (κ3) is 2.92. The fraction of sp³-hybridized carbons (Fsp3) is 0.286. The zero-order valence-corrected chi connectivity index (χ0v) is 13.3. The number of ether oxygens (including phenoxy) is 1. The number of nitrogens with two attached hydrogens (primary N) is 1. The maximum Gasteiger partial charge on any atom is 0.360 e. The van der Waals surface area contributed by atoms with Crippen LogP contribution >= 0.6 is 15.9 Å². The predicted molar refractivity (Wildman–Crippen MR) is 81.0 cm³/mol. The van der Waals surface area contributed by atoms with Gasteiger partial charge in [-0.2, -0.15) is 0 Å². The summed E-state index contributed by atoms with van der Waals surface area (Å²) in [6.45, 7) is 3.85. The molecule has 0 unspecified atom stereocenters. The molecule has 0 aliphatic carbocycles. The molecule has 21 heavy (non-hydrogen) atoms. The number of halogens is 2. The second kappa shape index (κ2) is 6.26. The predicted octanol–water partition coefficient (Wildman–Crippen LogP) is 3.10. The molecule has 5 nitrogen and oxygen atoms in total. The van der Waals surface area contributed by atoms with Crippen LogP contribution in [0.5, 0.6) is 0 Å². The number of benzene rings is 1. The number of rotatable bonds is 4. The van der Waals surface area contributed by atoms with Crippen LogP contribution in [0.2, 0.25) is 0 Å². The lowest BCUT2D eigenvalue weighted by atomic mass is 10.3. The van der Waals surface area contributed by atoms with Gasteiger partial charge in [0, 0.05) is 6.42 Å². The van der Waals surface area contributed by atoms with E-state index in [-0.39, 0.29) is 23.9 Å². The zero-order chi connectivity index (χ0) is 15.6. The minimum absolute atomic E-state index is 0.0779. The van der Waals surface area contributed by atoms with Crippen molar-refractivity contribution in [2.45, 2.75) is 20.3 Å². The molecule has 112 valence electrons. The highest BCUT2D eigenvalue weighted by molar-refractivity contribution is 9.10. The smallest absolute Gasteiger partial charge is 0.360 e. The van der Waals surface area contributed by atoms with Gasteiger partial charge in [0.05, 0.1) is 16.8 Å². The summed E-state index contributed by atoms with van der Waals surface area (Å²) < 4.78 is 20.2. The van der Waals surface area contributed by atoms with Crippen LogP contribution in [0.15, 0.2) is 22.7 Å². The highest BCUT2D eigenvalue weighted by Crippen LogP contribution is 2.25. The number of hydrogen-bond donors (Lipinski definition) is 1. The van der Waals surface area contributed by atoms with E-state index >= 15 is 0 Å². The van der Waals surface area contributed by atoms with Crippen molar-refractivity contribution >= 4 is 27.7 Å². The third-order valence-corrected chi connectivity index (χ3v) is 3.54. The molecule has 1 aromatic carbocycles. The van der Waals surface area contributed by atoms with E-state index in [0.717, 1.165) is 0 Å². The molecule has 0 fully saturated rings. The normalized spacial score (nSPS) is 10.7. The summed E-state index contributed by atoms with van der Waals surface area (Å²) >= 11 is 3.13. The highest BCUT2D eigenvalue weighted by atomic mass is 79.9. The van der Waals surface area contributed by atoms with Crippen LogP contribution in [0, 0.1) is 5.82 Å². The molecule has 0 radical (unpaired) electrons. The standard InChI is InChI=1S/C14H15BrFN3O2/c1-3-11-18-12(14(20)21-4-2)13(17)19(11)8-5-6-10(16)9(15)7-8/h5-7H,3-4,17H2,1-2H3. The van der Waals surface area contributed by atoms with Crippen LogP contribution in [-0.4, -0.2) is 22.1 Å². The molecule has 2 N–H and O–H groups in total. The van der Waals surface area contributed by atoms with Crippen molar-refractivity contribution in [3.63, 3.8) is 0 Å². The Bertz CT molecular complexity index is 685. The van der Waals surface area contributed by atoms with Gasteiger partial charge < -0.3 is 10.5 Å². The molecule has 0 aliphatic heterocycles. The first-order valence-corrected chi connectivity index (χ1v) is 7.28. The van der Waals surface area contributed by atoms with E-state index in [1.165, 1.54) is 6.07 Å². The average Bonchev–Trinajstić information content (AvgIpc) is 2.79. The maximum absolute atomic E-state index is 13.4. The van der Waals surface area contributed by atoms with Gasteiger partial charge in [0.25, 0.3) is 0 Å². The van der Waals surface area contributed by atoms with Crippen LogP contribution in [0.25, 0.3) is 5.69 Å². The number of aromatic nitrogens is 2. The van der Waals surface area contributed by atoms with Crippen molar-refractivity contribution in [1.29, 1.82) is 0 Å². The SMILES string of the molecule is CCOC(=O)c1nc(CC)n(-c2ccc(F)c(Br)c2)c1N. The van der Waals surface area contributed by atoms with Gasteiger partial charge >= 0.3 is 5.97 Å². The van der Waals surface area contributed by atoms with E-state index in [1.54, 1.807) is 23.6 Å². The minimum Gasteiger partial charge on any atom is -0.461 e. The molecule has 0 aliphatic rings. The molecule has 7 heteroatoms. The van der Waals surface area contributed by atoms with Crippen molar-refractivity contribution in [2.75, 3.05) is 12.3 Å². The molecule has 0 amide bonds. The Kier molecular flexibility index (Phi) is 4.62. The Morgan fingerprint density at radius 2 is 2.19 bits per heavy atom. The molecule has 0 saturated heterocycles. The van der Waals surface area contributed by atoms with E-state index < -0.39 is 5.97 Å². The Labute approximate surface area is 130 Å². The zero-order valence-electron chi connectivity index (χ0n) is 11.7. The van der Waals surface area contributed by atoms with Crippen molar-refractivity contribution in [3.05, 3.63) is 40.0 Å².